The summed E-state index contributed by atoms with van der Waals surface area (Å²) in [6, 6.07) is 0. The van der Waals surface area contributed by atoms with Crippen molar-refractivity contribution in [1.82, 2.24) is 0 Å². The zero-order valence-electron chi connectivity index (χ0n) is 12.5. The van der Waals surface area contributed by atoms with Gasteiger partial charge in [-0.15, -0.1) is 0 Å². The van der Waals surface area contributed by atoms with Gasteiger partial charge in [0.2, 0.25) is 0 Å². The molecule has 4 nitrogen and oxygen atoms in total. The Morgan fingerprint density at radius 1 is 0.889 bits per heavy atom. The molecular weight excluding hydrogens is 268 g/mol. The third kappa shape index (κ3) is 7.43. The molecule has 0 aliphatic rings. The van der Waals surface area contributed by atoms with Gasteiger partial charge in [-0.2, -0.15) is 0 Å². The average Bonchev–Trinajstić information content (AvgIpc) is 2.12. The smallest absolute Gasteiger partial charge is 0.474 e. The minimum Gasteiger partial charge on any atom is -0.474 e. The van der Waals surface area contributed by atoms with Crippen LogP contribution in [0.4, 0.5) is 0 Å². The molecule has 0 saturated carbocycles. The summed E-state index contributed by atoms with van der Waals surface area (Å²) < 4.78 is 23.2. The van der Waals surface area contributed by atoms with Crippen molar-refractivity contribution < 1.29 is 17.7 Å². The van der Waals surface area contributed by atoms with E-state index in [1.807, 2.05) is 48.5 Å². The minimum absolute atomic E-state index is 0.0474. The number of hydrogen-bond donors (Lipinski definition) is 0. The molecule has 0 N–H and O–H groups in total. The molecular formula is C12H26O4SSi. The highest BCUT2D eigenvalue weighted by atomic mass is 32.1. The maximum absolute atomic E-state index is 5.82. The highest BCUT2D eigenvalue weighted by Crippen LogP contribution is 2.20. The molecule has 108 valence electrons. The fourth-order valence-electron chi connectivity index (χ4n) is 1.23. The van der Waals surface area contributed by atoms with Crippen molar-refractivity contribution in [3.63, 3.8) is 0 Å². The van der Waals surface area contributed by atoms with Crippen LogP contribution in [0, 0.1) is 0 Å². The van der Waals surface area contributed by atoms with E-state index in [9.17, 15) is 0 Å². The van der Waals surface area contributed by atoms with Gasteiger partial charge in [-0.05, 0) is 53.8 Å². The van der Waals surface area contributed by atoms with Crippen LogP contribution in [0.3, 0.4) is 0 Å². The van der Waals surface area contributed by atoms with Gasteiger partial charge >= 0.3 is 9.05 Å². The van der Waals surface area contributed by atoms with Gasteiger partial charge in [0.15, 0.2) is 0 Å². The molecule has 0 aromatic heterocycles. The highest BCUT2D eigenvalue weighted by Gasteiger charge is 2.51. The van der Waals surface area contributed by atoms with Crippen LogP contribution >= 0.6 is 12.2 Å². The molecule has 0 spiro atoms. The molecule has 0 saturated heterocycles. The summed E-state index contributed by atoms with van der Waals surface area (Å²) in [6.45, 7) is 13.5. The monoisotopic (exact) mass is 294 g/mol. The van der Waals surface area contributed by atoms with Crippen molar-refractivity contribution in [2.24, 2.45) is 0 Å². The Hall–Kier alpha value is -0.0131. The van der Waals surface area contributed by atoms with Crippen LogP contribution in [0.1, 0.15) is 54.9 Å². The molecule has 0 aromatic carbocycles. The average molecular weight is 294 g/mol. The fraction of sp³-hybridized carbons (Fsp3) is 0.917. The quantitative estimate of drug-likeness (QED) is 0.506. The van der Waals surface area contributed by atoms with Crippen LogP contribution in [-0.4, -0.2) is 32.4 Å². The van der Waals surface area contributed by atoms with Gasteiger partial charge in [0.1, 0.15) is 5.05 Å². The Morgan fingerprint density at radius 3 is 1.44 bits per heavy atom. The second-order valence-electron chi connectivity index (χ2n) is 4.83. The lowest BCUT2D eigenvalue weighted by Crippen LogP contribution is -2.54. The number of thiocarbonyl (C=S) groups is 1. The van der Waals surface area contributed by atoms with E-state index in [0.29, 0.717) is 11.5 Å². The number of hydrogen-bond acceptors (Lipinski definition) is 5. The lowest BCUT2D eigenvalue weighted by Gasteiger charge is -2.32. The lowest BCUT2D eigenvalue weighted by molar-refractivity contribution is -0.0493. The molecule has 0 aliphatic heterocycles. The second kappa shape index (κ2) is 8.22. The molecule has 6 heteroatoms. The molecule has 0 atom stereocenters. The highest BCUT2D eigenvalue weighted by molar-refractivity contribution is 7.80. The predicted octanol–water partition coefficient (Wildman–Crippen LogP) is 3.45. The van der Waals surface area contributed by atoms with Gasteiger partial charge in [0.25, 0.3) is 0 Å². The topological polar surface area (TPSA) is 36.9 Å². The molecule has 0 aliphatic carbocycles. The third-order valence-corrected chi connectivity index (χ3v) is 4.96. The van der Waals surface area contributed by atoms with Crippen LogP contribution in [-0.2, 0) is 17.7 Å². The summed E-state index contributed by atoms with van der Waals surface area (Å²) in [5.41, 5.74) is 0. The Labute approximate surface area is 117 Å². The first-order valence-electron chi connectivity index (χ1n) is 6.46. The summed E-state index contributed by atoms with van der Waals surface area (Å²) >= 11 is 5.13. The van der Waals surface area contributed by atoms with E-state index < -0.39 is 9.05 Å². The van der Waals surface area contributed by atoms with E-state index in [-0.39, 0.29) is 18.3 Å². The van der Waals surface area contributed by atoms with E-state index in [1.54, 1.807) is 0 Å². The van der Waals surface area contributed by atoms with Crippen LogP contribution in [0.15, 0.2) is 0 Å². The van der Waals surface area contributed by atoms with Crippen LogP contribution in [0.2, 0.25) is 0 Å². The van der Waals surface area contributed by atoms with Crippen molar-refractivity contribution in [3.05, 3.63) is 0 Å². The molecule has 0 amide bonds. The molecule has 0 heterocycles. The fourth-order valence-corrected chi connectivity index (χ4v) is 4.01. The van der Waals surface area contributed by atoms with Gasteiger partial charge in [-0.1, -0.05) is 6.92 Å². The number of rotatable bonds is 8. The maximum Gasteiger partial charge on any atom is 0.750 e. The van der Waals surface area contributed by atoms with Crippen molar-refractivity contribution in [2.75, 3.05) is 0 Å². The van der Waals surface area contributed by atoms with Crippen LogP contribution in [0.25, 0.3) is 0 Å². The lowest BCUT2D eigenvalue weighted by atomic mass is 10.5. The molecule has 0 radical (unpaired) electrons. The molecule has 0 bridgehead atoms. The Morgan fingerprint density at radius 2 is 1.22 bits per heavy atom. The summed E-state index contributed by atoms with van der Waals surface area (Å²) in [5, 5.41) is 0.462. The predicted molar refractivity (Wildman–Crippen MR) is 78.4 cm³/mol. The van der Waals surface area contributed by atoms with Gasteiger partial charge in [-0.25, -0.2) is 0 Å². The normalized spacial score (nSPS) is 12.6. The Kier molecular flexibility index (Phi) is 8.21. The van der Waals surface area contributed by atoms with E-state index in [0.717, 1.165) is 0 Å². The Balaban J connectivity index is 5.03. The summed E-state index contributed by atoms with van der Waals surface area (Å²) in [4.78, 5) is 0. The van der Waals surface area contributed by atoms with Gasteiger partial charge in [0.05, 0.1) is 0 Å². The van der Waals surface area contributed by atoms with E-state index in [1.165, 1.54) is 0 Å². The van der Waals surface area contributed by atoms with E-state index >= 15 is 0 Å². The molecule has 0 fully saturated rings. The Bertz CT molecular complexity index is 230. The zero-order valence-corrected chi connectivity index (χ0v) is 14.3. The summed E-state index contributed by atoms with van der Waals surface area (Å²) in [6.07, 6.45) is 0.491. The van der Waals surface area contributed by atoms with Gasteiger partial charge in [-0.3, -0.25) is 0 Å². The molecule has 0 rings (SSSR count). The van der Waals surface area contributed by atoms with Crippen molar-refractivity contribution >= 4 is 26.3 Å². The zero-order chi connectivity index (χ0) is 14.3. The molecule has 18 heavy (non-hydrogen) atoms. The second-order valence-corrected chi connectivity index (χ2v) is 7.19. The first kappa shape index (κ1) is 18.0. The van der Waals surface area contributed by atoms with Gasteiger partial charge < -0.3 is 17.7 Å². The maximum atomic E-state index is 5.82. The summed E-state index contributed by atoms with van der Waals surface area (Å²) in [5.74, 6) is 0. The first-order chi connectivity index (χ1) is 8.20. The van der Waals surface area contributed by atoms with Crippen molar-refractivity contribution in [1.29, 1.82) is 0 Å². The van der Waals surface area contributed by atoms with E-state index in [4.69, 9.17) is 29.9 Å². The molecule has 0 unspecified atom stereocenters. The van der Waals surface area contributed by atoms with Crippen molar-refractivity contribution in [2.45, 2.75) is 73.2 Å². The van der Waals surface area contributed by atoms with Crippen molar-refractivity contribution in [3.8, 4) is 0 Å². The van der Waals surface area contributed by atoms with Crippen LogP contribution in [0.5, 0.6) is 0 Å². The first-order valence-corrected chi connectivity index (χ1v) is 8.50. The SMILES string of the molecule is CCC(=S)O[Si](OC(C)C)(OC(C)C)OC(C)C. The third-order valence-electron chi connectivity index (χ3n) is 1.67. The molecule has 0 aromatic rings. The van der Waals surface area contributed by atoms with E-state index in [2.05, 4.69) is 0 Å². The standard InChI is InChI=1S/C12H26O4SSi/c1-8-12(17)16-18(13-9(2)3,14-10(4)5)15-11(6)7/h9-11H,8H2,1-7H3. The largest absolute Gasteiger partial charge is 0.750 e. The van der Waals surface area contributed by atoms with Gasteiger partial charge in [0, 0.05) is 24.7 Å². The van der Waals surface area contributed by atoms with Crippen LogP contribution < -0.4 is 0 Å². The minimum atomic E-state index is -3.21. The summed E-state index contributed by atoms with van der Waals surface area (Å²) in [7, 11) is -3.21.